The standard InChI is InChI=1S/C19H14F3N3O2/c20-12-4-1-3-11(9-12)17-23-18(27-24-17)16-5-2-8-25(16)19(26)14-7-6-13(21)10-15(14)22/h1,3-4,6-7,9-10,16H,2,5,8H2. The summed E-state index contributed by atoms with van der Waals surface area (Å²) in [5, 5.41) is 3.85. The van der Waals surface area contributed by atoms with Crippen molar-refractivity contribution in [3.05, 3.63) is 71.4 Å². The second-order valence-electron chi connectivity index (χ2n) is 6.25. The molecule has 0 aliphatic carbocycles. The summed E-state index contributed by atoms with van der Waals surface area (Å²) < 4.78 is 45.7. The summed E-state index contributed by atoms with van der Waals surface area (Å²) in [7, 11) is 0. The number of carbonyl (C=O) groups is 1. The molecule has 1 amide bonds. The van der Waals surface area contributed by atoms with Crippen LogP contribution in [-0.2, 0) is 0 Å². The Morgan fingerprint density at radius 1 is 1.11 bits per heavy atom. The van der Waals surface area contributed by atoms with Gasteiger partial charge in [-0.25, -0.2) is 13.2 Å². The number of aromatic nitrogens is 2. The Balaban J connectivity index is 1.61. The number of likely N-dealkylation sites (tertiary alicyclic amines) is 1. The minimum Gasteiger partial charge on any atom is -0.337 e. The first-order valence-electron chi connectivity index (χ1n) is 8.38. The molecule has 1 saturated heterocycles. The monoisotopic (exact) mass is 373 g/mol. The average molecular weight is 373 g/mol. The quantitative estimate of drug-likeness (QED) is 0.693. The number of carbonyl (C=O) groups excluding carboxylic acids is 1. The molecule has 1 fully saturated rings. The molecule has 138 valence electrons. The molecule has 4 rings (SSSR count). The van der Waals surface area contributed by atoms with Crippen molar-refractivity contribution < 1.29 is 22.5 Å². The fourth-order valence-corrected chi connectivity index (χ4v) is 3.20. The van der Waals surface area contributed by atoms with Crippen LogP contribution < -0.4 is 0 Å². The van der Waals surface area contributed by atoms with Crippen molar-refractivity contribution >= 4 is 5.91 Å². The molecule has 1 aliphatic heterocycles. The van der Waals surface area contributed by atoms with E-state index in [2.05, 4.69) is 10.1 Å². The fraction of sp³-hybridized carbons (Fsp3) is 0.211. The molecule has 1 atom stereocenters. The third-order valence-corrected chi connectivity index (χ3v) is 4.48. The summed E-state index contributed by atoms with van der Waals surface area (Å²) in [6.45, 7) is 0.387. The lowest BCUT2D eigenvalue weighted by molar-refractivity contribution is 0.0705. The van der Waals surface area contributed by atoms with Gasteiger partial charge in [-0.15, -0.1) is 0 Å². The van der Waals surface area contributed by atoms with E-state index in [4.69, 9.17) is 4.52 Å². The highest BCUT2D eigenvalue weighted by molar-refractivity contribution is 5.94. The number of hydrogen-bond acceptors (Lipinski definition) is 4. The molecule has 2 heterocycles. The van der Waals surface area contributed by atoms with Crippen LogP contribution in [-0.4, -0.2) is 27.5 Å². The van der Waals surface area contributed by atoms with E-state index in [1.165, 1.54) is 23.1 Å². The zero-order chi connectivity index (χ0) is 19.0. The van der Waals surface area contributed by atoms with Gasteiger partial charge < -0.3 is 9.42 Å². The van der Waals surface area contributed by atoms with Crippen LogP contribution in [0.25, 0.3) is 11.4 Å². The number of amides is 1. The Morgan fingerprint density at radius 3 is 2.70 bits per heavy atom. The number of hydrogen-bond donors (Lipinski definition) is 0. The van der Waals surface area contributed by atoms with Gasteiger partial charge in [0.15, 0.2) is 0 Å². The van der Waals surface area contributed by atoms with E-state index in [1.807, 2.05) is 0 Å². The highest BCUT2D eigenvalue weighted by Crippen LogP contribution is 2.33. The van der Waals surface area contributed by atoms with Crippen molar-refractivity contribution in [2.45, 2.75) is 18.9 Å². The van der Waals surface area contributed by atoms with Gasteiger partial charge in [0.2, 0.25) is 11.7 Å². The number of rotatable bonds is 3. The van der Waals surface area contributed by atoms with Crippen LogP contribution in [0.5, 0.6) is 0 Å². The van der Waals surface area contributed by atoms with Crippen molar-refractivity contribution in [3.63, 3.8) is 0 Å². The summed E-state index contributed by atoms with van der Waals surface area (Å²) >= 11 is 0. The van der Waals surface area contributed by atoms with Crippen molar-refractivity contribution in [3.8, 4) is 11.4 Å². The third-order valence-electron chi connectivity index (χ3n) is 4.48. The Morgan fingerprint density at radius 2 is 1.93 bits per heavy atom. The van der Waals surface area contributed by atoms with Crippen LogP contribution >= 0.6 is 0 Å². The van der Waals surface area contributed by atoms with Crippen LogP contribution in [0, 0.1) is 17.5 Å². The predicted octanol–water partition coefficient (Wildman–Crippen LogP) is 4.13. The van der Waals surface area contributed by atoms with Crippen LogP contribution in [0.4, 0.5) is 13.2 Å². The van der Waals surface area contributed by atoms with Gasteiger partial charge >= 0.3 is 0 Å². The second-order valence-corrected chi connectivity index (χ2v) is 6.25. The Labute approximate surface area is 152 Å². The molecule has 2 aromatic carbocycles. The zero-order valence-electron chi connectivity index (χ0n) is 14.0. The minimum atomic E-state index is -0.920. The van der Waals surface area contributed by atoms with Gasteiger partial charge in [-0.05, 0) is 37.1 Å². The molecule has 3 aromatic rings. The number of benzene rings is 2. The van der Waals surface area contributed by atoms with Gasteiger partial charge in [0.05, 0.1) is 5.56 Å². The van der Waals surface area contributed by atoms with Gasteiger partial charge in [-0.1, -0.05) is 17.3 Å². The fourth-order valence-electron chi connectivity index (χ4n) is 3.20. The van der Waals surface area contributed by atoms with Crippen molar-refractivity contribution in [1.82, 2.24) is 15.0 Å². The number of halogens is 3. The summed E-state index contributed by atoms with van der Waals surface area (Å²) in [5.74, 6) is -2.27. The third kappa shape index (κ3) is 3.30. The summed E-state index contributed by atoms with van der Waals surface area (Å²) in [4.78, 5) is 18.4. The van der Waals surface area contributed by atoms with Crippen molar-refractivity contribution in [1.29, 1.82) is 0 Å². The lowest BCUT2D eigenvalue weighted by atomic mass is 10.1. The van der Waals surface area contributed by atoms with Crippen LogP contribution in [0.1, 0.15) is 35.1 Å². The highest BCUT2D eigenvalue weighted by atomic mass is 19.1. The average Bonchev–Trinajstić information content (AvgIpc) is 3.30. The summed E-state index contributed by atoms with van der Waals surface area (Å²) in [6.07, 6.45) is 1.25. The van der Waals surface area contributed by atoms with Gasteiger partial charge in [-0.2, -0.15) is 4.98 Å². The van der Waals surface area contributed by atoms with E-state index in [-0.39, 0.29) is 17.3 Å². The Hall–Kier alpha value is -3.16. The first-order chi connectivity index (χ1) is 13.0. The molecular weight excluding hydrogens is 359 g/mol. The van der Waals surface area contributed by atoms with Crippen LogP contribution in [0.2, 0.25) is 0 Å². The van der Waals surface area contributed by atoms with E-state index in [0.29, 0.717) is 31.0 Å². The molecule has 0 spiro atoms. The summed E-state index contributed by atoms with van der Waals surface area (Å²) in [6, 6.07) is 8.07. The van der Waals surface area contributed by atoms with Gasteiger partial charge in [0.25, 0.3) is 5.91 Å². The predicted molar refractivity (Wildman–Crippen MR) is 89.1 cm³/mol. The Bertz CT molecular complexity index is 1010. The normalized spacial score (nSPS) is 16.7. The molecule has 0 N–H and O–H groups in total. The van der Waals surface area contributed by atoms with Crippen LogP contribution in [0.15, 0.2) is 47.0 Å². The van der Waals surface area contributed by atoms with Crippen LogP contribution in [0.3, 0.4) is 0 Å². The zero-order valence-corrected chi connectivity index (χ0v) is 14.0. The van der Waals surface area contributed by atoms with E-state index in [1.54, 1.807) is 6.07 Å². The lowest BCUT2D eigenvalue weighted by Gasteiger charge is -2.22. The maximum absolute atomic E-state index is 14.0. The van der Waals surface area contributed by atoms with E-state index in [0.717, 1.165) is 12.1 Å². The molecule has 0 bridgehead atoms. The molecule has 1 aliphatic rings. The highest BCUT2D eigenvalue weighted by Gasteiger charge is 2.35. The molecule has 27 heavy (non-hydrogen) atoms. The number of nitrogens with zero attached hydrogens (tertiary/aromatic N) is 3. The van der Waals surface area contributed by atoms with E-state index >= 15 is 0 Å². The first kappa shape index (κ1) is 17.3. The van der Waals surface area contributed by atoms with E-state index in [9.17, 15) is 18.0 Å². The SMILES string of the molecule is O=C(c1ccc(F)cc1F)N1CCCC1c1nc(-c2cccc(F)c2)no1. The van der Waals surface area contributed by atoms with Crippen molar-refractivity contribution in [2.24, 2.45) is 0 Å². The summed E-state index contributed by atoms with van der Waals surface area (Å²) in [5.41, 5.74) is 0.235. The molecular formula is C19H14F3N3O2. The molecule has 1 unspecified atom stereocenters. The largest absolute Gasteiger partial charge is 0.337 e. The minimum absolute atomic E-state index is 0.197. The van der Waals surface area contributed by atoms with E-state index < -0.39 is 29.4 Å². The molecule has 8 heteroatoms. The maximum Gasteiger partial charge on any atom is 0.257 e. The molecule has 5 nitrogen and oxygen atoms in total. The first-order valence-corrected chi connectivity index (χ1v) is 8.38. The molecule has 1 aromatic heterocycles. The van der Waals surface area contributed by atoms with Gasteiger partial charge in [-0.3, -0.25) is 4.79 Å². The maximum atomic E-state index is 14.0. The van der Waals surface area contributed by atoms with Crippen molar-refractivity contribution in [2.75, 3.05) is 6.54 Å². The molecule has 0 radical (unpaired) electrons. The second kappa shape index (κ2) is 6.86. The Kier molecular flexibility index (Phi) is 4.39. The topological polar surface area (TPSA) is 59.2 Å². The van der Waals surface area contributed by atoms with Gasteiger partial charge in [0, 0.05) is 18.2 Å². The lowest BCUT2D eigenvalue weighted by Crippen LogP contribution is -2.31. The molecule has 0 saturated carbocycles. The van der Waals surface area contributed by atoms with Gasteiger partial charge in [0.1, 0.15) is 23.5 Å². The smallest absolute Gasteiger partial charge is 0.257 e.